The van der Waals surface area contributed by atoms with Crippen LogP contribution in [0.3, 0.4) is 0 Å². The number of anilines is 1. The predicted molar refractivity (Wildman–Crippen MR) is 151 cm³/mol. The quantitative estimate of drug-likeness (QED) is 0.338. The summed E-state index contributed by atoms with van der Waals surface area (Å²) < 4.78 is 42.7. The lowest BCUT2D eigenvalue weighted by molar-refractivity contribution is -0.133. The Morgan fingerprint density at radius 1 is 0.974 bits per heavy atom. The van der Waals surface area contributed by atoms with Crippen LogP contribution < -0.4 is 5.32 Å². The minimum Gasteiger partial charge on any atom is -0.332 e. The molecule has 10 heteroatoms. The van der Waals surface area contributed by atoms with Gasteiger partial charge in [0.05, 0.1) is 18.0 Å². The highest BCUT2D eigenvalue weighted by Gasteiger charge is 2.35. The van der Waals surface area contributed by atoms with Gasteiger partial charge in [-0.15, -0.1) is 11.3 Å². The van der Waals surface area contributed by atoms with Crippen molar-refractivity contribution < 1.29 is 22.4 Å². The van der Waals surface area contributed by atoms with Crippen molar-refractivity contribution >= 4 is 38.9 Å². The summed E-state index contributed by atoms with van der Waals surface area (Å²) in [5, 5.41) is 4.61. The summed E-state index contributed by atoms with van der Waals surface area (Å²) in [7, 11) is -4.00. The molecule has 2 aromatic carbocycles. The molecule has 0 atom stereocenters. The molecule has 7 nitrogen and oxygen atoms in total. The Hall–Kier alpha value is -3.08. The Morgan fingerprint density at radius 2 is 1.64 bits per heavy atom. The second kappa shape index (κ2) is 12.8. The smallest absolute Gasteiger partial charge is 0.243 e. The number of hydrogen-bond acceptors (Lipinski definition) is 5. The SMILES string of the molecule is CC(=O)Nc1ccc(S(=O)(=O)N(CC(=O)N(Cc2ccc(F)cc2)Cc2sccc2C)C2CCCCC2)cc1. The number of carbonyl (C=O) groups excluding carboxylic acids is 2. The van der Waals surface area contributed by atoms with Crippen LogP contribution in [-0.4, -0.2) is 42.0 Å². The van der Waals surface area contributed by atoms with Crippen LogP contribution >= 0.6 is 11.3 Å². The van der Waals surface area contributed by atoms with E-state index in [1.54, 1.807) is 40.5 Å². The maximum absolute atomic E-state index is 13.9. The third kappa shape index (κ3) is 7.52. The van der Waals surface area contributed by atoms with Gasteiger partial charge in [-0.3, -0.25) is 9.59 Å². The number of halogens is 1. The minimum atomic E-state index is -4.00. The van der Waals surface area contributed by atoms with Crippen molar-refractivity contribution in [3.63, 3.8) is 0 Å². The van der Waals surface area contributed by atoms with Crippen molar-refractivity contribution in [3.8, 4) is 0 Å². The van der Waals surface area contributed by atoms with Gasteiger partial charge < -0.3 is 10.2 Å². The molecule has 0 unspecified atom stereocenters. The first-order valence-corrected chi connectivity index (χ1v) is 15.4. The van der Waals surface area contributed by atoms with E-state index in [1.807, 2.05) is 18.4 Å². The van der Waals surface area contributed by atoms with Crippen molar-refractivity contribution in [2.75, 3.05) is 11.9 Å². The van der Waals surface area contributed by atoms with E-state index < -0.39 is 10.0 Å². The summed E-state index contributed by atoms with van der Waals surface area (Å²) in [4.78, 5) is 28.0. The van der Waals surface area contributed by atoms with Gasteiger partial charge in [0.2, 0.25) is 21.8 Å². The fourth-order valence-corrected chi connectivity index (χ4v) is 7.40. The highest BCUT2D eigenvalue weighted by atomic mass is 32.2. The molecule has 1 fully saturated rings. The molecule has 0 spiro atoms. The standard InChI is InChI=1S/C29H34FN3O4S2/c1-21-16-17-38-28(21)19-32(18-23-8-10-24(30)11-9-23)29(35)20-33(26-6-4-3-5-7-26)39(36,37)27-14-12-25(13-15-27)31-22(2)34/h8-17,26H,3-7,18-20H2,1-2H3,(H,31,34). The van der Waals surface area contributed by atoms with Crippen LogP contribution in [0.5, 0.6) is 0 Å². The van der Waals surface area contributed by atoms with Crippen molar-refractivity contribution in [1.82, 2.24) is 9.21 Å². The number of sulfonamides is 1. The van der Waals surface area contributed by atoms with E-state index in [4.69, 9.17) is 0 Å². The van der Waals surface area contributed by atoms with E-state index in [0.29, 0.717) is 25.1 Å². The van der Waals surface area contributed by atoms with E-state index in [0.717, 1.165) is 35.3 Å². The molecule has 0 bridgehead atoms. The fourth-order valence-electron chi connectivity index (χ4n) is 4.84. The zero-order chi connectivity index (χ0) is 28.0. The first kappa shape index (κ1) is 28.9. The van der Waals surface area contributed by atoms with Gasteiger partial charge >= 0.3 is 0 Å². The van der Waals surface area contributed by atoms with Gasteiger partial charge in [-0.25, -0.2) is 12.8 Å². The maximum Gasteiger partial charge on any atom is 0.243 e. The largest absolute Gasteiger partial charge is 0.332 e. The number of carbonyl (C=O) groups is 2. The molecule has 208 valence electrons. The van der Waals surface area contributed by atoms with Crippen LogP contribution in [0, 0.1) is 12.7 Å². The monoisotopic (exact) mass is 571 g/mol. The summed E-state index contributed by atoms with van der Waals surface area (Å²) in [6.45, 7) is 3.66. The molecule has 2 amide bonds. The summed E-state index contributed by atoms with van der Waals surface area (Å²) in [5.74, 6) is -0.914. The van der Waals surface area contributed by atoms with E-state index >= 15 is 0 Å². The van der Waals surface area contributed by atoms with Gasteiger partial charge in [-0.2, -0.15) is 4.31 Å². The van der Waals surface area contributed by atoms with Crippen LogP contribution in [0.2, 0.25) is 0 Å². The van der Waals surface area contributed by atoms with Crippen molar-refractivity contribution in [2.45, 2.75) is 70.0 Å². The maximum atomic E-state index is 13.9. The molecular formula is C29H34FN3O4S2. The minimum absolute atomic E-state index is 0.0779. The first-order valence-electron chi connectivity index (χ1n) is 13.1. The molecule has 1 N–H and O–H groups in total. The Morgan fingerprint density at radius 3 is 2.23 bits per heavy atom. The van der Waals surface area contributed by atoms with Crippen LogP contribution in [0.4, 0.5) is 10.1 Å². The molecule has 1 aliphatic rings. The molecule has 4 rings (SSSR count). The molecular weight excluding hydrogens is 537 g/mol. The Kier molecular flexibility index (Phi) is 9.53. The number of aryl methyl sites for hydroxylation is 1. The molecule has 3 aromatic rings. The third-order valence-electron chi connectivity index (χ3n) is 7.00. The lowest BCUT2D eigenvalue weighted by Crippen LogP contribution is -2.47. The zero-order valence-electron chi connectivity index (χ0n) is 22.2. The number of nitrogens with zero attached hydrogens (tertiary/aromatic N) is 2. The van der Waals surface area contributed by atoms with E-state index in [2.05, 4.69) is 5.32 Å². The Bertz CT molecular complexity index is 1380. The Balaban J connectivity index is 1.63. The number of nitrogens with one attached hydrogen (secondary N) is 1. The summed E-state index contributed by atoms with van der Waals surface area (Å²) in [6.07, 6.45) is 4.23. The molecule has 0 aliphatic heterocycles. The molecule has 39 heavy (non-hydrogen) atoms. The van der Waals surface area contributed by atoms with Gasteiger partial charge in [-0.05, 0) is 78.7 Å². The number of benzene rings is 2. The average molecular weight is 572 g/mol. The summed E-state index contributed by atoms with van der Waals surface area (Å²) in [5.41, 5.74) is 2.33. The third-order valence-corrected chi connectivity index (χ3v) is 9.92. The average Bonchev–Trinajstić information content (AvgIpc) is 3.32. The molecule has 1 heterocycles. The topological polar surface area (TPSA) is 86.8 Å². The van der Waals surface area contributed by atoms with Crippen molar-refractivity contribution in [3.05, 3.63) is 81.8 Å². The number of hydrogen-bond donors (Lipinski definition) is 1. The molecule has 1 aliphatic carbocycles. The van der Waals surface area contributed by atoms with Crippen LogP contribution in [0.25, 0.3) is 0 Å². The second-order valence-corrected chi connectivity index (χ2v) is 12.8. The van der Waals surface area contributed by atoms with E-state index in [9.17, 15) is 22.4 Å². The first-order chi connectivity index (χ1) is 18.6. The van der Waals surface area contributed by atoms with Gasteiger partial charge in [0.15, 0.2) is 0 Å². The fraction of sp³-hybridized carbons (Fsp3) is 0.379. The number of amides is 2. The lowest BCUT2D eigenvalue weighted by Gasteiger charge is -2.34. The highest BCUT2D eigenvalue weighted by Crippen LogP contribution is 2.29. The normalized spacial score (nSPS) is 14.4. The van der Waals surface area contributed by atoms with Gasteiger partial charge in [0.1, 0.15) is 5.82 Å². The highest BCUT2D eigenvalue weighted by molar-refractivity contribution is 7.89. The number of thiophene rings is 1. The second-order valence-electron chi connectivity index (χ2n) is 9.95. The number of rotatable bonds is 10. The van der Waals surface area contributed by atoms with Crippen LogP contribution in [0.15, 0.2) is 64.9 Å². The Labute approximate surface area is 233 Å². The molecule has 1 saturated carbocycles. The van der Waals surface area contributed by atoms with Crippen molar-refractivity contribution in [2.24, 2.45) is 0 Å². The van der Waals surface area contributed by atoms with Gasteiger partial charge in [-0.1, -0.05) is 31.4 Å². The molecule has 0 saturated heterocycles. The molecule has 0 radical (unpaired) electrons. The van der Waals surface area contributed by atoms with E-state index in [-0.39, 0.29) is 41.7 Å². The summed E-state index contributed by atoms with van der Waals surface area (Å²) in [6, 6.07) is 13.7. The van der Waals surface area contributed by atoms with E-state index in [1.165, 1.54) is 35.5 Å². The predicted octanol–water partition coefficient (Wildman–Crippen LogP) is 5.71. The zero-order valence-corrected chi connectivity index (χ0v) is 23.9. The van der Waals surface area contributed by atoms with Crippen LogP contribution in [-0.2, 0) is 32.7 Å². The van der Waals surface area contributed by atoms with Gasteiger partial charge in [0, 0.05) is 30.1 Å². The van der Waals surface area contributed by atoms with Crippen LogP contribution in [0.1, 0.15) is 55.0 Å². The lowest BCUT2D eigenvalue weighted by atomic mass is 9.95. The molecule has 1 aromatic heterocycles. The van der Waals surface area contributed by atoms with Gasteiger partial charge in [0.25, 0.3) is 0 Å². The van der Waals surface area contributed by atoms with Crippen molar-refractivity contribution in [1.29, 1.82) is 0 Å². The summed E-state index contributed by atoms with van der Waals surface area (Å²) >= 11 is 1.55.